The molecule has 0 aliphatic rings. The van der Waals surface area contributed by atoms with Crippen LogP contribution in [-0.4, -0.2) is 30.4 Å². The van der Waals surface area contributed by atoms with E-state index in [1.165, 1.54) is 24.3 Å². The number of hydrogen-bond donors (Lipinski definition) is 2. The molecule has 1 aromatic heterocycles. The van der Waals surface area contributed by atoms with Gasteiger partial charge in [-0.15, -0.1) is 0 Å². The molecule has 2 N–H and O–H groups in total. The summed E-state index contributed by atoms with van der Waals surface area (Å²) in [5.41, 5.74) is -0.214. The Hall–Kier alpha value is -3.34. The summed E-state index contributed by atoms with van der Waals surface area (Å²) < 4.78 is 67.5. The van der Waals surface area contributed by atoms with Crippen LogP contribution in [0.3, 0.4) is 0 Å². The molecule has 2 aromatic carbocycles. The number of sulfonamides is 1. The van der Waals surface area contributed by atoms with E-state index in [4.69, 9.17) is 0 Å². The van der Waals surface area contributed by atoms with Crippen LogP contribution < -0.4 is 10.0 Å². The van der Waals surface area contributed by atoms with Crippen molar-refractivity contribution in [1.82, 2.24) is 9.78 Å². The van der Waals surface area contributed by atoms with Gasteiger partial charge in [-0.3, -0.25) is 9.52 Å². The summed E-state index contributed by atoms with van der Waals surface area (Å²) in [5.74, 6) is -1.03. The van der Waals surface area contributed by atoms with Crippen molar-refractivity contribution in [3.8, 4) is 5.69 Å². The van der Waals surface area contributed by atoms with Crippen molar-refractivity contribution in [3.05, 3.63) is 71.0 Å². The molecule has 3 rings (SSSR count). The molecule has 0 aliphatic carbocycles. The Morgan fingerprint density at radius 2 is 1.74 bits per heavy atom. The molecule has 0 saturated heterocycles. The van der Waals surface area contributed by atoms with Crippen molar-refractivity contribution in [1.29, 1.82) is 0 Å². The van der Waals surface area contributed by atoms with Gasteiger partial charge in [0.1, 0.15) is 0 Å². The van der Waals surface area contributed by atoms with Gasteiger partial charge in [0.25, 0.3) is 5.91 Å². The van der Waals surface area contributed by atoms with Gasteiger partial charge >= 0.3 is 6.18 Å². The van der Waals surface area contributed by atoms with Gasteiger partial charge in [-0.05, 0) is 43.2 Å². The van der Waals surface area contributed by atoms with Crippen molar-refractivity contribution < 1.29 is 26.4 Å². The average molecular weight is 452 g/mol. The molecule has 3 aromatic rings. The van der Waals surface area contributed by atoms with Crippen molar-refractivity contribution >= 4 is 27.3 Å². The molecule has 0 bridgehead atoms. The molecule has 1 amide bonds. The standard InChI is InChI=1S/C20H19F3N4O3S/c1-12-8-9-14(10-16(12)26-31(3,29)30)25-19(28)15-11-24-27(18(15)20(21,22)23)17-7-5-4-6-13(17)2/h4-11,26H,1-3H3,(H,25,28). The maximum atomic E-state index is 13.8. The van der Waals surface area contributed by atoms with Crippen LogP contribution in [0, 0.1) is 13.8 Å². The summed E-state index contributed by atoms with van der Waals surface area (Å²) in [7, 11) is -3.58. The predicted octanol–water partition coefficient (Wildman–Crippen LogP) is 4.13. The highest BCUT2D eigenvalue weighted by molar-refractivity contribution is 7.92. The highest BCUT2D eigenvalue weighted by Gasteiger charge is 2.40. The van der Waals surface area contributed by atoms with Crippen molar-refractivity contribution in [2.45, 2.75) is 20.0 Å². The topological polar surface area (TPSA) is 93.1 Å². The van der Waals surface area contributed by atoms with Crippen LogP contribution in [0.15, 0.2) is 48.7 Å². The Labute approximate surface area is 176 Å². The number of nitrogens with zero attached hydrogens (tertiary/aromatic N) is 2. The van der Waals surface area contributed by atoms with Crippen LogP contribution in [0.5, 0.6) is 0 Å². The molecule has 0 radical (unpaired) electrons. The lowest BCUT2D eigenvalue weighted by Gasteiger charge is -2.15. The van der Waals surface area contributed by atoms with Crippen molar-refractivity contribution in [3.63, 3.8) is 0 Å². The number of amides is 1. The smallest absolute Gasteiger partial charge is 0.322 e. The Kier molecular flexibility index (Phi) is 5.81. The molecule has 0 aliphatic heterocycles. The lowest BCUT2D eigenvalue weighted by atomic mass is 10.1. The number of hydrogen-bond acceptors (Lipinski definition) is 4. The fourth-order valence-corrected chi connectivity index (χ4v) is 3.60. The van der Waals surface area contributed by atoms with Gasteiger partial charge < -0.3 is 5.32 Å². The first-order valence-electron chi connectivity index (χ1n) is 8.98. The Morgan fingerprint density at radius 1 is 1.06 bits per heavy atom. The highest BCUT2D eigenvalue weighted by Crippen LogP contribution is 2.34. The Bertz CT molecular complexity index is 1250. The number of carbonyl (C=O) groups excluding carboxylic acids is 1. The number of aryl methyl sites for hydroxylation is 2. The molecule has 11 heteroatoms. The second-order valence-electron chi connectivity index (χ2n) is 6.96. The van der Waals surface area contributed by atoms with Gasteiger partial charge in [-0.25, -0.2) is 13.1 Å². The zero-order valence-corrected chi connectivity index (χ0v) is 17.6. The second kappa shape index (κ2) is 8.06. The van der Waals surface area contributed by atoms with E-state index in [1.807, 2.05) is 0 Å². The number of anilines is 2. The molecule has 1 heterocycles. The van der Waals surface area contributed by atoms with Crippen LogP contribution >= 0.6 is 0 Å². The minimum Gasteiger partial charge on any atom is -0.322 e. The van der Waals surface area contributed by atoms with E-state index in [9.17, 15) is 26.4 Å². The monoisotopic (exact) mass is 452 g/mol. The summed E-state index contributed by atoms with van der Waals surface area (Å²) >= 11 is 0. The maximum Gasteiger partial charge on any atom is 0.434 e. The van der Waals surface area contributed by atoms with Crippen molar-refractivity contribution in [2.24, 2.45) is 0 Å². The van der Waals surface area contributed by atoms with Crippen LogP contribution in [0.25, 0.3) is 5.69 Å². The zero-order chi connectivity index (χ0) is 23.0. The number of carbonyl (C=O) groups is 1. The van der Waals surface area contributed by atoms with E-state index < -0.39 is 33.4 Å². The molecule has 0 fully saturated rings. The fourth-order valence-electron chi connectivity index (χ4n) is 2.98. The molecule has 0 atom stereocenters. The number of para-hydroxylation sites is 1. The summed E-state index contributed by atoms with van der Waals surface area (Å²) in [6.07, 6.45) is -3.02. The normalized spacial score (nSPS) is 11.9. The molecule has 0 saturated carbocycles. The van der Waals surface area contributed by atoms with E-state index >= 15 is 0 Å². The SMILES string of the molecule is Cc1ccc(NC(=O)c2cnn(-c3ccccc3C)c2C(F)(F)F)cc1NS(C)(=O)=O. The zero-order valence-electron chi connectivity index (χ0n) is 16.8. The molecule has 0 unspecified atom stereocenters. The molecule has 164 valence electrons. The summed E-state index contributed by atoms with van der Waals surface area (Å²) in [5, 5.41) is 6.18. The number of aromatic nitrogens is 2. The first-order valence-corrected chi connectivity index (χ1v) is 10.9. The molecule has 0 spiro atoms. The number of benzene rings is 2. The average Bonchev–Trinajstić information content (AvgIpc) is 3.09. The summed E-state index contributed by atoms with van der Waals surface area (Å²) in [4.78, 5) is 12.7. The fraction of sp³-hybridized carbons (Fsp3) is 0.200. The largest absolute Gasteiger partial charge is 0.434 e. The Morgan fingerprint density at radius 3 is 2.35 bits per heavy atom. The van der Waals surface area contributed by atoms with Gasteiger partial charge in [-0.1, -0.05) is 24.3 Å². The van der Waals surface area contributed by atoms with Gasteiger partial charge in [0, 0.05) is 5.69 Å². The highest BCUT2D eigenvalue weighted by atomic mass is 32.2. The molecular weight excluding hydrogens is 433 g/mol. The van der Waals surface area contributed by atoms with Crippen LogP contribution in [-0.2, 0) is 16.2 Å². The van der Waals surface area contributed by atoms with Gasteiger partial charge in [0.05, 0.1) is 29.4 Å². The third kappa shape index (κ3) is 5.05. The number of alkyl halides is 3. The van der Waals surface area contributed by atoms with E-state index in [1.54, 1.807) is 32.0 Å². The summed E-state index contributed by atoms with van der Waals surface area (Å²) in [6, 6.07) is 10.7. The minimum atomic E-state index is -4.85. The second-order valence-corrected chi connectivity index (χ2v) is 8.71. The van der Waals surface area contributed by atoms with Crippen molar-refractivity contribution in [2.75, 3.05) is 16.3 Å². The first-order chi connectivity index (χ1) is 14.4. The number of halogens is 3. The quantitative estimate of drug-likeness (QED) is 0.609. The molecule has 31 heavy (non-hydrogen) atoms. The number of rotatable bonds is 5. The predicted molar refractivity (Wildman–Crippen MR) is 111 cm³/mol. The van der Waals surface area contributed by atoms with E-state index in [-0.39, 0.29) is 17.1 Å². The van der Waals surface area contributed by atoms with Crippen LogP contribution in [0.1, 0.15) is 27.2 Å². The van der Waals surface area contributed by atoms with E-state index in [2.05, 4.69) is 15.1 Å². The van der Waals surface area contributed by atoms with Gasteiger partial charge in [-0.2, -0.15) is 18.3 Å². The van der Waals surface area contributed by atoms with Gasteiger partial charge in [0.2, 0.25) is 10.0 Å². The van der Waals surface area contributed by atoms with E-state index in [0.717, 1.165) is 12.5 Å². The number of nitrogens with one attached hydrogen (secondary N) is 2. The third-order valence-corrected chi connectivity index (χ3v) is 5.01. The molecular formula is C20H19F3N4O3S. The maximum absolute atomic E-state index is 13.8. The summed E-state index contributed by atoms with van der Waals surface area (Å²) in [6.45, 7) is 3.28. The first kappa shape index (κ1) is 22.3. The lowest BCUT2D eigenvalue weighted by Crippen LogP contribution is -2.21. The Balaban J connectivity index is 2.00. The van der Waals surface area contributed by atoms with Crippen LogP contribution in [0.2, 0.25) is 0 Å². The van der Waals surface area contributed by atoms with Gasteiger partial charge in [0.15, 0.2) is 5.69 Å². The molecule has 7 nitrogen and oxygen atoms in total. The van der Waals surface area contributed by atoms with Crippen LogP contribution in [0.4, 0.5) is 24.5 Å². The third-order valence-electron chi connectivity index (χ3n) is 4.42. The minimum absolute atomic E-state index is 0.124. The van der Waals surface area contributed by atoms with E-state index in [0.29, 0.717) is 15.8 Å². The lowest BCUT2D eigenvalue weighted by molar-refractivity contribution is -0.143.